The maximum absolute atomic E-state index is 11.7. The average molecular weight is 315 g/mol. The van der Waals surface area contributed by atoms with Gasteiger partial charge >= 0.3 is 0 Å². The van der Waals surface area contributed by atoms with Crippen LogP contribution in [0, 0.1) is 0 Å². The molecule has 0 atom stereocenters. The van der Waals surface area contributed by atoms with E-state index in [0.717, 1.165) is 5.56 Å². The summed E-state index contributed by atoms with van der Waals surface area (Å²) in [5.74, 6) is 0.0825. The lowest BCUT2D eigenvalue weighted by molar-refractivity contribution is 0.597. The minimum atomic E-state index is -3.18. The Hall–Kier alpha value is -1.03. The molecule has 2 aromatic rings. The number of benzene rings is 2. The van der Waals surface area contributed by atoms with Crippen LogP contribution in [-0.4, -0.2) is 14.2 Å². The standard InChI is InChI=1S/C14H12Cl2O2S/c1-2-19(17,18)11-8-6-10(7-9-11)14-12(15)4-3-5-13(14)16/h3-9H,2H2,1H3. The highest BCUT2D eigenvalue weighted by atomic mass is 35.5. The van der Waals surface area contributed by atoms with Crippen molar-refractivity contribution in [3.8, 4) is 11.1 Å². The Morgan fingerprint density at radius 3 is 1.95 bits per heavy atom. The first kappa shape index (κ1) is 14.4. The molecule has 0 aromatic heterocycles. The summed E-state index contributed by atoms with van der Waals surface area (Å²) in [4.78, 5) is 0.307. The second-order valence-corrected chi connectivity index (χ2v) is 7.12. The van der Waals surface area contributed by atoms with E-state index < -0.39 is 9.84 Å². The molecule has 0 amide bonds. The van der Waals surface area contributed by atoms with E-state index in [1.165, 1.54) is 0 Å². The van der Waals surface area contributed by atoms with Gasteiger partial charge in [-0.05, 0) is 29.8 Å². The number of sulfone groups is 1. The molecule has 19 heavy (non-hydrogen) atoms. The highest BCUT2D eigenvalue weighted by molar-refractivity contribution is 7.91. The number of rotatable bonds is 3. The van der Waals surface area contributed by atoms with Crippen LogP contribution >= 0.6 is 23.2 Å². The van der Waals surface area contributed by atoms with Crippen LogP contribution in [0.4, 0.5) is 0 Å². The van der Waals surface area contributed by atoms with E-state index >= 15 is 0 Å². The third kappa shape index (κ3) is 2.94. The number of halogens is 2. The molecule has 0 aliphatic carbocycles. The Kier molecular flexibility index (Phi) is 4.19. The van der Waals surface area contributed by atoms with Crippen LogP contribution in [0.3, 0.4) is 0 Å². The minimum Gasteiger partial charge on any atom is -0.224 e. The molecule has 0 heterocycles. The fourth-order valence-electron chi connectivity index (χ4n) is 1.77. The summed E-state index contributed by atoms with van der Waals surface area (Å²) in [5.41, 5.74) is 1.51. The van der Waals surface area contributed by atoms with Gasteiger partial charge in [0.05, 0.1) is 10.6 Å². The van der Waals surface area contributed by atoms with Gasteiger partial charge in [0.25, 0.3) is 0 Å². The zero-order chi connectivity index (χ0) is 14.0. The lowest BCUT2D eigenvalue weighted by atomic mass is 10.1. The van der Waals surface area contributed by atoms with E-state index in [0.29, 0.717) is 20.5 Å². The predicted octanol–water partition coefficient (Wildman–Crippen LogP) is 4.45. The Bertz CT molecular complexity index is 672. The summed E-state index contributed by atoms with van der Waals surface area (Å²) in [7, 11) is -3.18. The molecular weight excluding hydrogens is 303 g/mol. The molecule has 2 aromatic carbocycles. The second kappa shape index (κ2) is 5.53. The Morgan fingerprint density at radius 1 is 0.947 bits per heavy atom. The second-order valence-electron chi connectivity index (χ2n) is 4.02. The Morgan fingerprint density at radius 2 is 1.47 bits per heavy atom. The van der Waals surface area contributed by atoms with Crippen molar-refractivity contribution in [2.45, 2.75) is 11.8 Å². The summed E-state index contributed by atoms with van der Waals surface area (Å²) in [5, 5.41) is 1.08. The van der Waals surface area contributed by atoms with Gasteiger partial charge in [-0.15, -0.1) is 0 Å². The lowest BCUT2D eigenvalue weighted by Crippen LogP contribution is -2.03. The lowest BCUT2D eigenvalue weighted by Gasteiger charge is -2.08. The van der Waals surface area contributed by atoms with E-state index in [1.807, 2.05) is 0 Å². The summed E-state index contributed by atoms with van der Waals surface area (Å²) in [6.45, 7) is 1.62. The first-order valence-corrected chi connectivity index (χ1v) is 8.13. The fourth-order valence-corrected chi connectivity index (χ4v) is 3.27. The Labute approximate surface area is 122 Å². The van der Waals surface area contributed by atoms with Crippen LogP contribution in [0.25, 0.3) is 11.1 Å². The molecule has 5 heteroatoms. The van der Waals surface area contributed by atoms with E-state index in [1.54, 1.807) is 49.4 Å². The minimum absolute atomic E-state index is 0.0825. The summed E-state index contributed by atoms with van der Waals surface area (Å²) >= 11 is 12.2. The molecule has 0 aliphatic rings. The molecule has 0 saturated heterocycles. The van der Waals surface area contributed by atoms with Crippen molar-refractivity contribution in [1.29, 1.82) is 0 Å². The van der Waals surface area contributed by atoms with Crippen molar-refractivity contribution in [2.24, 2.45) is 0 Å². The highest BCUT2D eigenvalue weighted by Crippen LogP contribution is 2.34. The summed E-state index contributed by atoms with van der Waals surface area (Å²) < 4.78 is 23.5. The van der Waals surface area contributed by atoms with E-state index in [4.69, 9.17) is 23.2 Å². The topological polar surface area (TPSA) is 34.1 Å². The van der Waals surface area contributed by atoms with Gasteiger partial charge in [-0.1, -0.05) is 48.3 Å². The van der Waals surface area contributed by atoms with E-state index in [9.17, 15) is 8.42 Å². The first-order chi connectivity index (χ1) is 8.95. The van der Waals surface area contributed by atoms with Crippen LogP contribution in [0.5, 0.6) is 0 Å². The molecule has 0 bridgehead atoms. The van der Waals surface area contributed by atoms with Crippen LogP contribution in [0.1, 0.15) is 6.92 Å². The molecule has 0 spiro atoms. The van der Waals surface area contributed by atoms with Crippen molar-refractivity contribution in [3.05, 3.63) is 52.5 Å². The zero-order valence-electron chi connectivity index (χ0n) is 10.2. The quantitative estimate of drug-likeness (QED) is 0.838. The normalized spacial score (nSPS) is 11.5. The third-order valence-corrected chi connectivity index (χ3v) is 5.23. The fraction of sp³-hybridized carbons (Fsp3) is 0.143. The van der Waals surface area contributed by atoms with Gasteiger partial charge < -0.3 is 0 Å². The van der Waals surface area contributed by atoms with E-state index in [-0.39, 0.29) is 5.75 Å². The molecule has 0 saturated carbocycles. The molecule has 0 unspecified atom stereocenters. The SMILES string of the molecule is CCS(=O)(=O)c1ccc(-c2c(Cl)cccc2Cl)cc1. The predicted molar refractivity (Wildman–Crippen MR) is 79.6 cm³/mol. The summed E-state index contributed by atoms with van der Waals surface area (Å²) in [6.07, 6.45) is 0. The van der Waals surface area contributed by atoms with Gasteiger partial charge in [-0.25, -0.2) is 8.42 Å². The molecule has 2 rings (SSSR count). The highest BCUT2D eigenvalue weighted by Gasteiger charge is 2.13. The van der Waals surface area contributed by atoms with Gasteiger partial charge in [0.2, 0.25) is 0 Å². The van der Waals surface area contributed by atoms with Gasteiger partial charge in [0, 0.05) is 15.6 Å². The van der Waals surface area contributed by atoms with Crippen molar-refractivity contribution in [3.63, 3.8) is 0 Å². The molecule has 100 valence electrons. The molecular formula is C14H12Cl2O2S. The molecule has 0 radical (unpaired) electrons. The maximum atomic E-state index is 11.7. The van der Waals surface area contributed by atoms with Gasteiger partial charge in [-0.3, -0.25) is 0 Å². The maximum Gasteiger partial charge on any atom is 0.178 e. The van der Waals surface area contributed by atoms with Gasteiger partial charge in [0.15, 0.2) is 9.84 Å². The molecule has 0 N–H and O–H groups in total. The zero-order valence-corrected chi connectivity index (χ0v) is 12.6. The number of hydrogen-bond acceptors (Lipinski definition) is 2. The molecule has 0 fully saturated rings. The van der Waals surface area contributed by atoms with Gasteiger partial charge in [0.1, 0.15) is 0 Å². The first-order valence-electron chi connectivity index (χ1n) is 5.73. The van der Waals surface area contributed by atoms with Crippen LogP contribution in [-0.2, 0) is 9.84 Å². The van der Waals surface area contributed by atoms with Crippen LogP contribution in [0.2, 0.25) is 10.0 Å². The number of hydrogen-bond donors (Lipinski definition) is 0. The monoisotopic (exact) mass is 314 g/mol. The third-order valence-electron chi connectivity index (χ3n) is 2.84. The van der Waals surface area contributed by atoms with E-state index in [2.05, 4.69) is 0 Å². The molecule has 0 aliphatic heterocycles. The molecule has 2 nitrogen and oxygen atoms in total. The largest absolute Gasteiger partial charge is 0.224 e. The van der Waals surface area contributed by atoms with Crippen molar-refractivity contribution < 1.29 is 8.42 Å². The van der Waals surface area contributed by atoms with Crippen LogP contribution < -0.4 is 0 Å². The van der Waals surface area contributed by atoms with Gasteiger partial charge in [-0.2, -0.15) is 0 Å². The van der Waals surface area contributed by atoms with Crippen molar-refractivity contribution in [2.75, 3.05) is 5.75 Å². The van der Waals surface area contributed by atoms with Crippen molar-refractivity contribution >= 4 is 33.0 Å². The van der Waals surface area contributed by atoms with Crippen LogP contribution in [0.15, 0.2) is 47.4 Å². The average Bonchev–Trinajstić information content (AvgIpc) is 2.39. The smallest absolute Gasteiger partial charge is 0.178 e. The van der Waals surface area contributed by atoms with Crippen molar-refractivity contribution in [1.82, 2.24) is 0 Å². The Balaban J connectivity index is 2.50. The summed E-state index contributed by atoms with van der Waals surface area (Å²) in [6, 6.07) is 11.9.